The summed E-state index contributed by atoms with van der Waals surface area (Å²) in [6, 6.07) is 10.6. The molecule has 0 heterocycles. The molecule has 4 nitrogen and oxygen atoms in total. The van der Waals surface area contributed by atoms with Crippen LogP contribution in [0.4, 0.5) is 10.1 Å². The predicted octanol–water partition coefficient (Wildman–Crippen LogP) is 2.57. The first-order chi connectivity index (χ1) is 9.77. The fourth-order valence-electron chi connectivity index (χ4n) is 1.78. The Labute approximate surface area is 123 Å². The highest BCUT2D eigenvalue weighted by Gasteiger charge is 2.07. The number of amidine groups is 1. The standard InChI is InChI=1S/C15H15FN2O2S/c1-10-9-11(3-8-14(10)16)15(17)18-12-4-6-13(7-5-12)21(2,19)20/h3-9H,1-2H3,(H2,17,18). The molecule has 110 valence electrons. The third-order valence-electron chi connectivity index (χ3n) is 2.97. The van der Waals surface area contributed by atoms with E-state index in [1.807, 2.05) is 0 Å². The van der Waals surface area contributed by atoms with Crippen LogP contribution in [0.2, 0.25) is 0 Å². The fraction of sp³-hybridized carbons (Fsp3) is 0.133. The smallest absolute Gasteiger partial charge is 0.175 e. The molecule has 2 aromatic carbocycles. The number of benzene rings is 2. The van der Waals surface area contributed by atoms with Crippen LogP contribution in [0, 0.1) is 12.7 Å². The van der Waals surface area contributed by atoms with Crippen molar-refractivity contribution in [2.45, 2.75) is 11.8 Å². The van der Waals surface area contributed by atoms with Gasteiger partial charge in [-0.15, -0.1) is 0 Å². The summed E-state index contributed by atoms with van der Waals surface area (Å²) in [6.45, 7) is 1.65. The van der Waals surface area contributed by atoms with Crippen LogP contribution >= 0.6 is 0 Å². The van der Waals surface area contributed by atoms with E-state index in [0.717, 1.165) is 6.26 Å². The highest BCUT2D eigenvalue weighted by atomic mass is 32.2. The van der Waals surface area contributed by atoms with Gasteiger partial charge >= 0.3 is 0 Å². The molecule has 2 aromatic rings. The Morgan fingerprint density at radius 3 is 2.29 bits per heavy atom. The molecule has 0 saturated carbocycles. The molecule has 0 amide bonds. The van der Waals surface area contributed by atoms with E-state index in [9.17, 15) is 12.8 Å². The largest absolute Gasteiger partial charge is 0.383 e. The van der Waals surface area contributed by atoms with E-state index in [2.05, 4.69) is 4.99 Å². The van der Waals surface area contributed by atoms with Crippen LogP contribution in [0.15, 0.2) is 52.4 Å². The van der Waals surface area contributed by atoms with E-state index in [4.69, 9.17) is 5.73 Å². The number of aryl methyl sites for hydroxylation is 1. The Balaban J connectivity index is 2.32. The van der Waals surface area contributed by atoms with E-state index in [1.54, 1.807) is 31.2 Å². The zero-order valence-electron chi connectivity index (χ0n) is 11.7. The lowest BCUT2D eigenvalue weighted by Crippen LogP contribution is -2.13. The summed E-state index contributed by atoms with van der Waals surface area (Å²) in [7, 11) is -3.23. The molecule has 0 fully saturated rings. The normalized spacial score (nSPS) is 12.4. The molecule has 0 radical (unpaired) electrons. The maximum Gasteiger partial charge on any atom is 0.175 e. The number of halogens is 1. The first-order valence-corrected chi connectivity index (χ1v) is 8.07. The van der Waals surface area contributed by atoms with Gasteiger partial charge in [0, 0.05) is 11.8 Å². The van der Waals surface area contributed by atoms with Gasteiger partial charge in [0.15, 0.2) is 9.84 Å². The van der Waals surface area contributed by atoms with Crippen molar-refractivity contribution in [2.24, 2.45) is 10.7 Å². The van der Waals surface area contributed by atoms with Crippen molar-refractivity contribution in [3.05, 3.63) is 59.4 Å². The van der Waals surface area contributed by atoms with Crippen molar-refractivity contribution in [1.29, 1.82) is 0 Å². The third kappa shape index (κ3) is 3.66. The Kier molecular flexibility index (Phi) is 4.09. The van der Waals surface area contributed by atoms with E-state index < -0.39 is 9.84 Å². The maximum atomic E-state index is 13.2. The Bertz CT molecular complexity index is 797. The minimum absolute atomic E-state index is 0.220. The summed E-state index contributed by atoms with van der Waals surface area (Å²) in [5.41, 5.74) is 7.51. The molecular weight excluding hydrogens is 291 g/mol. The topological polar surface area (TPSA) is 72.5 Å². The van der Waals surface area contributed by atoms with E-state index in [1.165, 1.54) is 18.2 Å². The Morgan fingerprint density at radius 1 is 1.14 bits per heavy atom. The zero-order chi connectivity index (χ0) is 15.6. The average molecular weight is 306 g/mol. The summed E-state index contributed by atoms with van der Waals surface area (Å²) in [5, 5.41) is 0. The molecule has 0 unspecified atom stereocenters. The van der Waals surface area contributed by atoms with Crippen LogP contribution < -0.4 is 5.73 Å². The van der Waals surface area contributed by atoms with Crippen molar-refractivity contribution in [1.82, 2.24) is 0 Å². The van der Waals surface area contributed by atoms with Crippen LogP contribution in [-0.2, 0) is 9.84 Å². The van der Waals surface area contributed by atoms with E-state index >= 15 is 0 Å². The number of nitrogens with two attached hydrogens (primary N) is 1. The van der Waals surface area contributed by atoms with Crippen molar-refractivity contribution >= 4 is 21.4 Å². The molecule has 6 heteroatoms. The van der Waals surface area contributed by atoms with Gasteiger partial charge in [0.05, 0.1) is 10.6 Å². The van der Waals surface area contributed by atoms with Gasteiger partial charge in [-0.05, 0) is 55.0 Å². The molecule has 0 aromatic heterocycles. The van der Waals surface area contributed by atoms with Crippen LogP contribution in [0.25, 0.3) is 0 Å². The number of nitrogens with zero attached hydrogens (tertiary/aromatic N) is 1. The molecule has 0 aliphatic carbocycles. The monoisotopic (exact) mass is 306 g/mol. The minimum Gasteiger partial charge on any atom is -0.383 e. The summed E-state index contributed by atoms with van der Waals surface area (Å²) < 4.78 is 35.9. The third-order valence-corrected chi connectivity index (χ3v) is 4.10. The lowest BCUT2D eigenvalue weighted by molar-refractivity contribution is 0.602. The second kappa shape index (κ2) is 5.65. The van der Waals surface area contributed by atoms with Crippen LogP contribution in [-0.4, -0.2) is 20.5 Å². The van der Waals surface area contributed by atoms with Gasteiger partial charge in [-0.3, -0.25) is 0 Å². The molecule has 21 heavy (non-hydrogen) atoms. The Morgan fingerprint density at radius 2 is 1.76 bits per heavy atom. The van der Waals surface area contributed by atoms with Gasteiger partial charge in [-0.25, -0.2) is 17.8 Å². The quantitative estimate of drug-likeness (QED) is 0.699. The lowest BCUT2D eigenvalue weighted by atomic mass is 10.1. The van der Waals surface area contributed by atoms with Gasteiger partial charge in [-0.1, -0.05) is 0 Å². The highest BCUT2D eigenvalue weighted by Crippen LogP contribution is 2.17. The average Bonchev–Trinajstić information content (AvgIpc) is 2.41. The van der Waals surface area contributed by atoms with Crippen molar-refractivity contribution in [3.8, 4) is 0 Å². The second-order valence-corrected chi connectivity index (χ2v) is 6.74. The molecule has 0 aliphatic heterocycles. The SMILES string of the molecule is Cc1cc(C(N)=Nc2ccc(S(C)(=O)=O)cc2)ccc1F. The first-order valence-electron chi connectivity index (χ1n) is 6.18. The molecular formula is C15H15FN2O2S. The minimum atomic E-state index is -3.23. The van der Waals surface area contributed by atoms with Crippen molar-refractivity contribution in [2.75, 3.05) is 6.26 Å². The number of aliphatic imine (C=N–C) groups is 1. The summed E-state index contributed by atoms with van der Waals surface area (Å²) in [4.78, 5) is 4.42. The molecule has 2 rings (SSSR count). The highest BCUT2D eigenvalue weighted by molar-refractivity contribution is 7.90. The van der Waals surface area contributed by atoms with Gasteiger partial charge < -0.3 is 5.73 Å². The lowest BCUT2D eigenvalue weighted by Gasteiger charge is -2.04. The van der Waals surface area contributed by atoms with Crippen LogP contribution in [0.5, 0.6) is 0 Å². The van der Waals surface area contributed by atoms with Gasteiger partial charge in [0.1, 0.15) is 11.7 Å². The van der Waals surface area contributed by atoms with Gasteiger partial charge in [0.2, 0.25) is 0 Å². The van der Waals surface area contributed by atoms with E-state index in [-0.39, 0.29) is 16.5 Å². The van der Waals surface area contributed by atoms with E-state index in [0.29, 0.717) is 16.8 Å². The summed E-state index contributed by atoms with van der Waals surface area (Å²) in [6.07, 6.45) is 1.14. The van der Waals surface area contributed by atoms with Crippen LogP contribution in [0.3, 0.4) is 0 Å². The molecule has 0 atom stereocenters. The van der Waals surface area contributed by atoms with Crippen molar-refractivity contribution < 1.29 is 12.8 Å². The van der Waals surface area contributed by atoms with Crippen molar-refractivity contribution in [3.63, 3.8) is 0 Å². The zero-order valence-corrected chi connectivity index (χ0v) is 12.5. The fourth-order valence-corrected chi connectivity index (χ4v) is 2.41. The molecule has 2 N–H and O–H groups in total. The molecule has 0 bridgehead atoms. The second-order valence-electron chi connectivity index (χ2n) is 4.73. The van der Waals surface area contributed by atoms with Crippen LogP contribution in [0.1, 0.15) is 11.1 Å². The number of rotatable bonds is 3. The molecule has 0 aliphatic rings. The number of hydrogen-bond donors (Lipinski definition) is 1. The number of hydrogen-bond acceptors (Lipinski definition) is 3. The number of sulfone groups is 1. The molecule has 0 spiro atoms. The first kappa shape index (κ1) is 15.2. The summed E-state index contributed by atoms with van der Waals surface area (Å²) >= 11 is 0. The molecule has 0 saturated heterocycles. The summed E-state index contributed by atoms with van der Waals surface area (Å²) in [5.74, 6) is -0.0609. The maximum absolute atomic E-state index is 13.2. The van der Waals surface area contributed by atoms with Gasteiger partial charge in [0.25, 0.3) is 0 Å². The predicted molar refractivity (Wildman–Crippen MR) is 81.1 cm³/mol. The van der Waals surface area contributed by atoms with Gasteiger partial charge in [-0.2, -0.15) is 0 Å². The Hall–Kier alpha value is -2.21.